The van der Waals surface area contributed by atoms with Gasteiger partial charge in [-0.1, -0.05) is 15.9 Å². The van der Waals surface area contributed by atoms with E-state index in [9.17, 15) is 4.79 Å². The molecule has 1 aliphatic carbocycles. The van der Waals surface area contributed by atoms with E-state index < -0.39 is 0 Å². The summed E-state index contributed by atoms with van der Waals surface area (Å²) >= 11 is 3.36. The number of hydrogen-bond acceptors (Lipinski definition) is 2. The molecule has 3 nitrogen and oxygen atoms in total. The highest BCUT2D eigenvalue weighted by Crippen LogP contribution is 2.21. The van der Waals surface area contributed by atoms with Gasteiger partial charge in [0.1, 0.15) is 0 Å². The van der Waals surface area contributed by atoms with Crippen LogP contribution in [0.2, 0.25) is 0 Å². The number of aliphatic hydroxyl groups is 1. The van der Waals surface area contributed by atoms with Gasteiger partial charge in [0.05, 0.1) is 6.10 Å². The molecular formula is C12H14BrNO2. The number of nitrogens with one attached hydrogen (secondary N) is 1. The molecule has 1 aromatic carbocycles. The quantitative estimate of drug-likeness (QED) is 0.872. The van der Waals surface area contributed by atoms with E-state index in [2.05, 4.69) is 21.2 Å². The molecule has 1 aliphatic rings. The summed E-state index contributed by atoms with van der Waals surface area (Å²) in [6, 6.07) is 5.72. The van der Waals surface area contributed by atoms with E-state index in [0.29, 0.717) is 18.4 Å². The predicted octanol–water partition coefficient (Wildman–Crippen LogP) is 2.01. The zero-order valence-electron chi connectivity index (χ0n) is 9.03. The Bertz CT molecular complexity index is 413. The Hall–Kier alpha value is -0.870. The van der Waals surface area contributed by atoms with Crippen molar-refractivity contribution in [3.05, 3.63) is 33.8 Å². The lowest BCUT2D eigenvalue weighted by Crippen LogP contribution is -2.46. The van der Waals surface area contributed by atoms with Crippen LogP contribution in [0.15, 0.2) is 22.7 Å². The Kier molecular flexibility index (Phi) is 3.30. The monoisotopic (exact) mass is 283 g/mol. The van der Waals surface area contributed by atoms with Gasteiger partial charge < -0.3 is 10.4 Å². The number of aliphatic hydroxyl groups excluding tert-OH is 1. The van der Waals surface area contributed by atoms with Crippen LogP contribution in [-0.2, 0) is 0 Å². The summed E-state index contributed by atoms with van der Waals surface area (Å²) < 4.78 is 0.973. The number of carbonyl (C=O) groups is 1. The van der Waals surface area contributed by atoms with Crippen molar-refractivity contribution in [3.8, 4) is 0 Å². The largest absolute Gasteiger partial charge is 0.393 e. The average Bonchev–Trinajstić information content (AvgIpc) is 2.15. The molecule has 1 amide bonds. The maximum absolute atomic E-state index is 11.9. The van der Waals surface area contributed by atoms with Gasteiger partial charge in [0, 0.05) is 16.1 Å². The van der Waals surface area contributed by atoms with Crippen molar-refractivity contribution < 1.29 is 9.90 Å². The van der Waals surface area contributed by atoms with Crippen LogP contribution in [0.1, 0.15) is 28.8 Å². The molecule has 1 saturated carbocycles. The number of rotatable bonds is 2. The second-order valence-corrected chi connectivity index (χ2v) is 5.17. The molecule has 0 atom stereocenters. The molecule has 2 rings (SSSR count). The summed E-state index contributed by atoms with van der Waals surface area (Å²) in [7, 11) is 0. The smallest absolute Gasteiger partial charge is 0.251 e. The molecule has 2 N–H and O–H groups in total. The maximum atomic E-state index is 11.9. The Morgan fingerprint density at radius 3 is 2.75 bits per heavy atom. The first kappa shape index (κ1) is 11.6. The third-order valence-electron chi connectivity index (χ3n) is 2.88. The number of amides is 1. The summed E-state index contributed by atoms with van der Waals surface area (Å²) in [5.74, 6) is -0.0538. The van der Waals surface area contributed by atoms with Gasteiger partial charge in [-0.05, 0) is 43.5 Å². The maximum Gasteiger partial charge on any atom is 0.251 e. The van der Waals surface area contributed by atoms with Crippen LogP contribution < -0.4 is 5.32 Å². The minimum atomic E-state index is -0.240. The van der Waals surface area contributed by atoms with Crippen molar-refractivity contribution >= 4 is 21.8 Å². The molecule has 1 aromatic rings. The molecule has 0 heterocycles. The molecule has 0 aliphatic heterocycles. The molecule has 0 radical (unpaired) electrons. The fourth-order valence-corrected chi connectivity index (χ4v) is 2.33. The van der Waals surface area contributed by atoms with Crippen LogP contribution in [0.25, 0.3) is 0 Å². The van der Waals surface area contributed by atoms with E-state index >= 15 is 0 Å². The molecule has 4 heteroatoms. The highest BCUT2D eigenvalue weighted by molar-refractivity contribution is 9.10. The van der Waals surface area contributed by atoms with Gasteiger partial charge >= 0.3 is 0 Å². The molecule has 0 bridgehead atoms. The van der Waals surface area contributed by atoms with Crippen molar-refractivity contribution in [1.82, 2.24) is 5.32 Å². The van der Waals surface area contributed by atoms with Crippen molar-refractivity contribution in [1.29, 1.82) is 0 Å². The van der Waals surface area contributed by atoms with E-state index in [1.165, 1.54) is 0 Å². The van der Waals surface area contributed by atoms with Crippen LogP contribution in [0.4, 0.5) is 0 Å². The zero-order valence-corrected chi connectivity index (χ0v) is 10.6. The predicted molar refractivity (Wildman–Crippen MR) is 65.4 cm³/mol. The fraction of sp³-hybridized carbons (Fsp3) is 0.417. The summed E-state index contributed by atoms with van der Waals surface area (Å²) in [6.07, 6.45) is 1.10. The van der Waals surface area contributed by atoms with Gasteiger partial charge in [0.25, 0.3) is 5.91 Å². The molecular weight excluding hydrogens is 270 g/mol. The first-order valence-corrected chi connectivity index (χ1v) is 6.10. The van der Waals surface area contributed by atoms with Crippen LogP contribution in [0.5, 0.6) is 0 Å². The minimum absolute atomic E-state index is 0.0538. The highest BCUT2D eigenvalue weighted by Gasteiger charge is 2.28. The van der Waals surface area contributed by atoms with Crippen molar-refractivity contribution in [2.24, 2.45) is 0 Å². The first-order chi connectivity index (χ1) is 7.56. The summed E-state index contributed by atoms with van der Waals surface area (Å²) in [5.41, 5.74) is 1.65. The molecule has 0 saturated heterocycles. The van der Waals surface area contributed by atoms with Gasteiger partial charge in [0.15, 0.2) is 0 Å². The van der Waals surface area contributed by atoms with Crippen LogP contribution in [0, 0.1) is 6.92 Å². The van der Waals surface area contributed by atoms with Gasteiger partial charge in [-0.25, -0.2) is 0 Å². The Labute approximate surface area is 103 Å². The van der Waals surface area contributed by atoms with Gasteiger partial charge in [-0.2, -0.15) is 0 Å². The summed E-state index contributed by atoms with van der Waals surface area (Å²) in [4.78, 5) is 11.9. The van der Waals surface area contributed by atoms with Gasteiger partial charge in [-0.15, -0.1) is 0 Å². The summed E-state index contributed by atoms with van der Waals surface area (Å²) in [6.45, 7) is 1.91. The second-order valence-electron chi connectivity index (χ2n) is 4.25. The lowest BCUT2D eigenvalue weighted by Gasteiger charge is -2.32. The Balaban J connectivity index is 2.03. The number of aryl methyl sites for hydroxylation is 1. The van der Waals surface area contributed by atoms with Crippen molar-refractivity contribution in [3.63, 3.8) is 0 Å². The zero-order chi connectivity index (χ0) is 11.7. The molecule has 0 unspecified atom stereocenters. The number of carbonyl (C=O) groups excluding carboxylic acids is 1. The first-order valence-electron chi connectivity index (χ1n) is 5.31. The normalized spacial score (nSPS) is 23.7. The van der Waals surface area contributed by atoms with Gasteiger partial charge in [-0.3, -0.25) is 4.79 Å². The molecule has 16 heavy (non-hydrogen) atoms. The highest BCUT2D eigenvalue weighted by atomic mass is 79.9. The van der Waals surface area contributed by atoms with Crippen molar-refractivity contribution in [2.45, 2.75) is 31.9 Å². The van der Waals surface area contributed by atoms with E-state index in [-0.39, 0.29) is 18.1 Å². The van der Waals surface area contributed by atoms with Crippen LogP contribution in [0.3, 0.4) is 0 Å². The van der Waals surface area contributed by atoms with E-state index in [0.717, 1.165) is 10.0 Å². The Morgan fingerprint density at radius 1 is 1.50 bits per heavy atom. The van der Waals surface area contributed by atoms with Crippen molar-refractivity contribution in [2.75, 3.05) is 0 Å². The lowest BCUT2D eigenvalue weighted by atomic mass is 9.89. The topological polar surface area (TPSA) is 49.3 Å². The number of halogens is 1. The average molecular weight is 284 g/mol. The lowest BCUT2D eigenvalue weighted by molar-refractivity contribution is 0.0562. The third kappa shape index (κ3) is 2.44. The molecule has 1 fully saturated rings. The fourth-order valence-electron chi connectivity index (χ4n) is 1.85. The van der Waals surface area contributed by atoms with Crippen LogP contribution in [-0.4, -0.2) is 23.2 Å². The number of benzene rings is 1. The van der Waals surface area contributed by atoms with E-state index in [1.54, 1.807) is 0 Å². The second kappa shape index (κ2) is 4.55. The minimum Gasteiger partial charge on any atom is -0.393 e. The molecule has 0 aromatic heterocycles. The SMILES string of the molecule is Cc1cc(Br)ccc1C(=O)NC1CC(O)C1. The van der Waals surface area contributed by atoms with Gasteiger partial charge in [0.2, 0.25) is 0 Å². The standard InChI is InChI=1S/C12H14BrNO2/c1-7-4-8(13)2-3-11(7)12(16)14-9-5-10(15)6-9/h2-4,9-10,15H,5-6H2,1H3,(H,14,16). The van der Waals surface area contributed by atoms with E-state index in [4.69, 9.17) is 5.11 Å². The molecule has 86 valence electrons. The summed E-state index contributed by atoms with van der Waals surface area (Å²) in [5, 5.41) is 12.0. The third-order valence-corrected chi connectivity index (χ3v) is 3.37. The Morgan fingerprint density at radius 2 is 2.19 bits per heavy atom. The number of hydrogen-bond donors (Lipinski definition) is 2. The van der Waals surface area contributed by atoms with Crippen LogP contribution >= 0.6 is 15.9 Å². The molecule has 0 spiro atoms. The van der Waals surface area contributed by atoms with E-state index in [1.807, 2.05) is 25.1 Å².